The van der Waals surface area contributed by atoms with E-state index in [9.17, 15) is 4.79 Å². The number of hydrogen-bond donors (Lipinski definition) is 0. The highest BCUT2D eigenvalue weighted by Crippen LogP contribution is 2.29. The van der Waals surface area contributed by atoms with Gasteiger partial charge in [-0.05, 0) is 43.7 Å². The number of ether oxygens (including phenoxy) is 1. The Hall–Kier alpha value is -2.55. The summed E-state index contributed by atoms with van der Waals surface area (Å²) in [6.45, 7) is 4.04. The predicted octanol–water partition coefficient (Wildman–Crippen LogP) is 3.88. The molecular formula is C17H14O3. The molecule has 1 aliphatic heterocycles. The number of cyclic esters (lactones) is 1. The van der Waals surface area contributed by atoms with E-state index in [0.717, 1.165) is 11.1 Å². The molecule has 0 atom stereocenters. The zero-order valence-corrected chi connectivity index (χ0v) is 11.3. The van der Waals surface area contributed by atoms with Gasteiger partial charge >= 0.3 is 5.97 Å². The first kappa shape index (κ1) is 12.5. The molecule has 0 fully saturated rings. The molecule has 1 aromatic carbocycles. The number of carbonyl (C=O) groups excluding carboxylic acids is 1. The third kappa shape index (κ3) is 2.30. The largest absolute Gasteiger partial charge is 0.465 e. The average Bonchev–Trinajstić information content (AvgIpc) is 3.01. The highest BCUT2D eigenvalue weighted by molar-refractivity contribution is 6.05. The minimum Gasteiger partial charge on any atom is -0.465 e. The van der Waals surface area contributed by atoms with E-state index in [4.69, 9.17) is 9.15 Å². The van der Waals surface area contributed by atoms with Crippen LogP contribution < -0.4 is 0 Å². The van der Waals surface area contributed by atoms with Gasteiger partial charge in [0.05, 0.1) is 11.8 Å². The summed E-state index contributed by atoms with van der Waals surface area (Å²) in [7, 11) is 0. The van der Waals surface area contributed by atoms with Gasteiger partial charge in [0.15, 0.2) is 0 Å². The molecule has 0 bridgehead atoms. The van der Waals surface area contributed by atoms with Crippen LogP contribution in [-0.4, -0.2) is 5.97 Å². The number of rotatable bonds is 2. The van der Waals surface area contributed by atoms with Crippen molar-refractivity contribution >= 4 is 17.8 Å². The Balaban J connectivity index is 1.98. The standard InChI is InChI=1S/C17H14O3/c1-11-5-6-15(12(2)8-11)16-10-13(17(18)20-16)9-14-4-3-7-19-14/h3-10H,1-2H3/b13-9-. The third-order valence-corrected chi connectivity index (χ3v) is 3.21. The van der Waals surface area contributed by atoms with Crippen LogP contribution in [0.4, 0.5) is 0 Å². The smallest absolute Gasteiger partial charge is 0.343 e. The maximum absolute atomic E-state index is 11.9. The number of hydrogen-bond acceptors (Lipinski definition) is 3. The predicted molar refractivity (Wildman–Crippen MR) is 76.7 cm³/mol. The van der Waals surface area contributed by atoms with Gasteiger partial charge in [-0.15, -0.1) is 0 Å². The van der Waals surface area contributed by atoms with Gasteiger partial charge in [0.1, 0.15) is 11.5 Å². The first-order valence-corrected chi connectivity index (χ1v) is 6.40. The van der Waals surface area contributed by atoms with Gasteiger partial charge in [-0.2, -0.15) is 0 Å². The van der Waals surface area contributed by atoms with Crippen LogP contribution >= 0.6 is 0 Å². The summed E-state index contributed by atoms with van der Waals surface area (Å²) >= 11 is 0. The Kier molecular flexibility index (Phi) is 3.03. The molecule has 0 saturated heterocycles. The molecule has 100 valence electrons. The minimum atomic E-state index is -0.351. The van der Waals surface area contributed by atoms with E-state index in [0.29, 0.717) is 17.1 Å². The molecule has 0 aliphatic carbocycles. The van der Waals surface area contributed by atoms with Crippen LogP contribution in [0.25, 0.3) is 11.8 Å². The molecule has 3 nitrogen and oxygen atoms in total. The van der Waals surface area contributed by atoms with E-state index in [2.05, 4.69) is 6.07 Å². The van der Waals surface area contributed by atoms with Gasteiger partial charge in [-0.25, -0.2) is 4.79 Å². The van der Waals surface area contributed by atoms with Crippen molar-refractivity contribution in [2.24, 2.45) is 0 Å². The molecule has 0 saturated carbocycles. The third-order valence-electron chi connectivity index (χ3n) is 3.21. The monoisotopic (exact) mass is 266 g/mol. The summed E-state index contributed by atoms with van der Waals surface area (Å²) in [5, 5.41) is 0. The number of carbonyl (C=O) groups is 1. The lowest BCUT2D eigenvalue weighted by Crippen LogP contribution is -1.98. The highest BCUT2D eigenvalue weighted by Gasteiger charge is 2.23. The maximum Gasteiger partial charge on any atom is 0.343 e. The van der Waals surface area contributed by atoms with Crippen molar-refractivity contribution in [1.29, 1.82) is 0 Å². The molecule has 2 heterocycles. The number of esters is 1. The topological polar surface area (TPSA) is 39.4 Å². The highest BCUT2D eigenvalue weighted by atomic mass is 16.5. The van der Waals surface area contributed by atoms with E-state index in [1.54, 1.807) is 30.5 Å². The van der Waals surface area contributed by atoms with Crippen molar-refractivity contribution in [3.05, 3.63) is 70.7 Å². The van der Waals surface area contributed by atoms with Crippen molar-refractivity contribution in [3.8, 4) is 0 Å². The lowest BCUT2D eigenvalue weighted by molar-refractivity contribution is -0.130. The van der Waals surface area contributed by atoms with Crippen LogP contribution in [0, 0.1) is 13.8 Å². The zero-order valence-electron chi connectivity index (χ0n) is 11.3. The summed E-state index contributed by atoms with van der Waals surface area (Å²) in [5.74, 6) is 0.872. The average molecular weight is 266 g/mol. The SMILES string of the molecule is Cc1ccc(C2=C/C(=C/c3ccco3)C(=O)O2)c(C)c1. The molecule has 0 spiro atoms. The summed E-state index contributed by atoms with van der Waals surface area (Å²) in [4.78, 5) is 11.9. The molecule has 3 rings (SSSR count). The summed E-state index contributed by atoms with van der Waals surface area (Å²) in [5.41, 5.74) is 3.70. The molecule has 0 unspecified atom stereocenters. The Morgan fingerprint density at radius 1 is 1.15 bits per heavy atom. The first-order chi connectivity index (χ1) is 9.63. The van der Waals surface area contributed by atoms with Crippen LogP contribution in [0.2, 0.25) is 0 Å². The lowest BCUT2D eigenvalue weighted by Gasteiger charge is -2.06. The lowest BCUT2D eigenvalue weighted by atomic mass is 10.0. The molecule has 1 aliphatic rings. The van der Waals surface area contributed by atoms with Crippen LogP contribution in [0.5, 0.6) is 0 Å². The second kappa shape index (κ2) is 4.85. The Labute approximate surface area is 117 Å². The number of furan rings is 1. The molecule has 0 N–H and O–H groups in total. The second-order valence-corrected chi connectivity index (χ2v) is 4.83. The molecule has 20 heavy (non-hydrogen) atoms. The maximum atomic E-state index is 11.9. The summed E-state index contributed by atoms with van der Waals surface area (Å²) in [6.07, 6.45) is 5.00. The van der Waals surface area contributed by atoms with Crippen LogP contribution in [-0.2, 0) is 9.53 Å². The number of benzene rings is 1. The fraction of sp³-hybridized carbons (Fsp3) is 0.118. The molecule has 3 heteroatoms. The van der Waals surface area contributed by atoms with Gasteiger partial charge in [-0.1, -0.05) is 23.8 Å². The summed E-state index contributed by atoms with van der Waals surface area (Å²) < 4.78 is 10.6. The van der Waals surface area contributed by atoms with E-state index in [1.807, 2.05) is 26.0 Å². The Morgan fingerprint density at radius 3 is 2.70 bits per heavy atom. The van der Waals surface area contributed by atoms with Gasteiger partial charge in [0.2, 0.25) is 0 Å². The van der Waals surface area contributed by atoms with E-state index in [-0.39, 0.29) is 5.97 Å². The van der Waals surface area contributed by atoms with Gasteiger partial charge in [0, 0.05) is 5.56 Å². The van der Waals surface area contributed by atoms with Gasteiger partial charge in [0.25, 0.3) is 0 Å². The molecule has 0 amide bonds. The van der Waals surface area contributed by atoms with Crippen LogP contribution in [0.1, 0.15) is 22.5 Å². The summed E-state index contributed by atoms with van der Waals surface area (Å²) in [6, 6.07) is 9.62. The molecule has 2 aromatic rings. The van der Waals surface area contributed by atoms with Crippen molar-refractivity contribution < 1.29 is 13.9 Å². The Bertz CT molecular complexity index is 719. The van der Waals surface area contributed by atoms with Gasteiger partial charge in [-0.3, -0.25) is 0 Å². The van der Waals surface area contributed by atoms with Crippen LogP contribution in [0.15, 0.2) is 52.7 Å². The number of aryl methyl sites for hydroxylation is 2. The van der Waals surface area contributed by atoms with Gasteiger partial charge < -0.3 is 9.15 Å². The van der Waals surface area contributed by atoms with Crippen molar-refractivity contribution in [2.45, 2.75) is 13.8 Å². The van der Waals surface area contributed by atoms with E-state index < -0.39 is 0 Å². The fourth-order valence-corrected chi connectivity index (χ4v) is 2.24. The van der Waals surface area contributed by atoms with Crippen molar-refractivity contribution in [2.75, 3.05) is 0 Å². The van der Waals surface area contributed by atoms with E-state index >= 15 is 0 Å². The Morgan fingerprint density at radius 2 is 2.00 bits per heavy atom. The molecule has 0 radical (unpaired) electrons. The minimum absolute atomic E-state index is 0.351. The zero-order chi connectivity index (χ0) is 14.1. The quantitative estimate of drug-likeness (QED) is 0.611. The fourth-order valence-electron chi connectivity index (χ4n) is 2.24. The first-order valence-electron chi connectivity index (χ1n) is 6.40. The van der Waals surface area contributed by atoms with Crippen molar-refractivity contribution in [1.82, 2.24) is 0 Å². The second-order valence-electron chi connectivity index (χ2n) is 4.83. The molecule has 1 aromatic heterocycles. The van der Waals surface area contributed by atoms with Crippen molar-refractivity contribution in [3.63, 3.8) is 0 Å². The molecular weight excluding hydrogens is 252 g/mol. The van der Waals surface area contributed by atoms with Crippen LogP contribution in [0.3, 0.4) is 0 Å². The van der Waals surface area contributed by atoms with E-state index in [1.165, 1.54) is 5.56 Å². The normalized spacial score (nSPS) is 16.4.